The van der Waals surface area contributed by atoms with Crippen LogP contribution >= 0.6 is 0 Å². The second-order valence-corrected chi connectivity index (χ2v) is 6.06. The molecule has 2 N–H and O–H groups in total. The van der Waals surface area contributed by atoms with Gasteiger partial charge in [-0.1, -0.05) is 23.8 Å². The lowest BCUT2D eigenvalue weighted by atomic mass is 10.0. The second kappa shape index (κ2) is 8.38. The molecule has 6 nitrogen and oxygen atoms in total. The van der Waals surface area contributed by atoms with Crippen molar-refractivity contribution in [2.24, 2.45) is 0 Å². The number of ether oxygens (including phenoxy) is 2. The van der Waals surface area contributed by atoms with Crippen molar-refractivity contribution in [1.29, 1.82) is 0 Å². The van der Waals surface area contributed by atoms with E-state index in [1.54, 1.807) is 24.3 Å². The third-order valence-corrected chi connectivity index (χ3v) is 4.12. The lowest BCUT2D eigenvalue weighted by molar-refractivity contribution is -0.137. The summed E-state index contributed by atoms with van der Waals surface area (Å²) in [5.41, 5.74) is 3.04. The van der Waals surface area contributed by atoms with Gasteiger partial charge in [0.2, 0.25) is 0 Å². The van der Waals surface area contributed by atoms with Gasteiger partial charge in [0.05, 0.1) is 26.7 Å². The molecular formula is C20H23NO5. The van der Waals surface area contributed by atoms with E-state index in [9.17, 15) is 14.7 Å². The Balaban J connectivity index is 2.32. The molecule has 2 aromatic rings. The van der Waals surface area contributed by atoms with Crippen LogP contribution in [0.1, 0.15) is 39.5 Å². The van der Waals surface area contributed by atoms with Crippen LogP contribution in [-0.4, -0.2) is 31.2 Å². The van der Waals surface area contributed by atoms with Crippen molar-refractivity contribution in [3.8, 4) is 11.5 Å². The van der Waals surface area contributed by atoms with Crippen LogP contribution in [0.5, 0.6) is 11.5 Å². The number of carbonyl (C=O) groups is 2. The van der Waals surface area contributed by atoms with Gasteiger partial charge in [0.25, 0.3) is 5.91 Å². The summed E-state index contributed by atoms with van der Waals surface area (Å²) in [5, 5.41) is 12.1. The minimum Gasteiger partial charge on any atom is -0.493 e. The molecule has 2 rings (SSSR count). The normalized spacial score (nSPS) is 11.5. The summed E-state index contributed by atoms with van der Waals surface area (Å²) >= 11 is 0. The van der Waals surface area contributed by atoms with Crippen molar-refractivity contribution >= 4 is 11.9 Å². The fourth-order valence-electron chi connectivity index (χ4n) is 2.80. The highest BCUT2D eigenvalue weighted by atomic mass is 16.5. The Bertz CT molecular complexity index is 816. The summed E-state index contributed by atoms with van der Waals surface area (Å²) in [5.74, 6) is -0.318. The number of carboxylic acids is 1. The molecule has 0 saturated heterocycles. The van der Waals surface area contributed by atoms with Gasteiger partial charge in [0.15, 0.2) is 11.5 Å². The molecule has 0 radical (unpaired) electrons. The number of rotatable bonds is 7. The van der Waals surface area contributed by atoms with Gasteiger partial charge < -0.3 is 19.9 Å². The van der Waals surface area contributed by atoms with Crippen molar-refractivity contribution < 1.29 is 24.2 Å². The average molecular weight is 357 g/mol. The van der Waals surface area contributed by atoms with Crippen LogP contribution in [0, 0.1) is 13.8 Å². The van der Waals surface area contributed by atoms with E-state index in [1.807, 2.05) is 26.0 Å². The molecule has 0 heterocycles. The molecule has 6 heteroatoms. The van der Waals surface area contributed by atoms with Gasteiger partial charge in [-0.2, -0.15) is 0 Å². The fraction of sp³-hybridized carbons (Fsp3) is 0.300. The summed E-state index contributed by atoms with van der Waals surface area (Å²) in [4.78, 5) is 23.9. The van der Waals surface area contributed by atoms with Crippen molar-refractivity contribution in [2.45, 2.75) is 26.3 Å². The molecule has 26 heavy (non-hydrogen) atoms. The van der Waals surface area contributed by atoms with Crippen molar-refractivity contribution in [3.05, 3.63) is 58.7 Å². The van der Waals surface area contributed by atoms with E-state index in [4.69, 9.17) is 9.47 Å². The Morgan fingerprint density at radius 1 is 1.04 bits per heavy atom. The van der Waals surface area contributed by atoms with Crippen LogP contribution in [0.2, 0.25) is 0 Å². The molecule has 1 unspecified atom stereocenters. The van der Waals surface area contributed by atoms with Crippen LogP contribution in [0.25, 0.3) is 0 Å². The zero-order valence-corrected chi connectivity index (χ0v) is 15.3. The quantitative estimate of drug-likeness (QED) is 0.794. The number of amides is 1. The number of aliphatic carboxylic acids is 1. The molecule has 1 atom stereocenters. The first kappa shape index (κ1) is 19.3. The van der Waals surface area contributed by atoms with E-state index in [0.717, 1.165) is 11.1 Å². The van der Waals surface area contributed by atoms with E-state index in [2.05, 4.69) is 5.32 Å². The lowest BCUT2D eigenvalue weighted by Gasteiger charge is -2.20. The minimum absolute atomic E-state index is 0.244. The molecule has 138 valence electrons. The van der Waals surface area contributed by atoms with Crippen LogP contribution in [0.4, 0.5) is 0 Å². The smallest absolute Gasteiger partial charge is 0.305 e. The molecule has 0 aliphatic carbocycles. The van der Waals surface area contributed by atoms with Crippen LogP contribution in [-0.2, 0) is 4.79 Å². The molecule has 0 fully saturated rings. The van der Waals surface area contributed by atoms with E-state index < -0.39 is 12.0 Å². The molecule has 1 amide bonds. The molecule has 2 aromatic carbocycles. The predicted molar refractivity (Wildman–Crippen MR) is 97.9 cm³/mol. The Morgan fingerprint density at radius 3 is 2.31 bits per heavy atom. The number of hydrogen-bond donors (Lipinski definition) is 2. The van der Waals surface area contributed by atoms with Crippen LogP contribution in [0.3, 0.4) is 0 Å². The Labute approximate surface area is 152 Å². The third kappa shape index (κ3) is 4.53. The number of carbonyl (C=O) groups excluding carboxylic acids is 1. The van der Waals surface area contributed by atoms with Gasteiger partial charge in [-0.3, -0.25) is 9.59 Å². The maximum absolute atomic E-state index is 12.7. The largest absolute Gasteiger partial charge is 0.493 e. The number of aryl methyl sites for hydroxylation is 2. The SMILES string of the molecule is COc1ccc(C(CC(=O)O)NC(=O)c2ccc(C)cc2C)cc1OC. The first-order chi connectivity index (χ1) is 12.3. The summed E-state index contributed by atoms with van der Waals surface area (Å²) in [6.45, 7) is 3.80. The standard InChI is InChI=1S/C20H23NO5/c1-12-5-7-15(13(2)9-12)20(24)21-16(11-19(22)23)14-6-8-17(25-3)18(10-14)26-4/h5-10,16H,11H2,1-4H3,(H,21,24)(H,22,23). The van der Waals surface area contributed by atoms with Gasteiger partial charge >= 0.3 is 5.97 Å². The Kier molecular flexibility index (Phi) is 6.22. The molecule has 0 aromatic heterocycles. The topological polar surface area (TPSA) is 84.9 Å². The third-order valence-electron chi connectivity index (χ3n) is 4.12. The average Bonchev–Trinajstić information content (AvgIpc) is 2.59. The number of carboxylic acid groups (broad SMARTS) is 1. The molecule has 0 bridgehead atoms. The van der Waals surface area contributed by atoms with Crippen molar-refractivity contribution in [3.63, 3.8) is 0 Å². The minimum atomic E-state index is -1.01. The zero-order valence-electron chi connectivity index (χ0n) is 15.3. The summed E-state index contributed by atoms with van der Waals surface area (Å²) < 4.78 is 10.5. The van der Waals surface area contributed by atoms with E-state index in [-0.39, 0.29) is 12.3 Å². The van der Waals surface area contributed by atoms with Gasteiger partial charge in [-0.25, -0.2) is 0 Å². The number of hydrogen-bond acceptors (Lipinski definition) is 4. The highest BCUT2D eigenvalue weighted by Gasteiger charge is 2.21. The number of benzene rings is 2. The van der Waals surface area contributed by atoms with Crippen LogP contribution < -0.4 is 14.8 Å². The van der Waals surface area contributed by atoms with Gasteiger partial charge in [-0.15, -0.1) is 0 Å². The molecular weight excluding hydrogens is 334 g/mol. The highest BCUT2D eigenvalue weighted by Crippen LogP contribution is 2.31. The van der Waals surface area contributed by atoms with Crippen molar-refractivity contribution in [2.75, 3.05) is 14.2 Å². The molecule has 0 aliphatic rings. The molecule has 0 aliphatic heterocycles. The predicted octanol–water partition coefficient (Wildman–Crippen LogP) is 3.27. The lowest BCUT2D eigenvalue weighted by Crippen LogP contribution is -2.30. The Hall–Kier alpha value is -3.02. The molecule has 0 saturated carbocycles. The van der Waals surface area contributed by atoms with Gasteiger partial charge in [0.1, 0.15) is 0 Å². The second-order valence-electron chi connectivity index (χ2n) is 6.06. The number of methoxy groups -OCH3 is 2. The van der Waals surface area contributed by atoms with E-state index in [1.165, 1.54) is 14.2 Å². The summed E-state index contributed by atoms with van der Waals surface area (Å²) in [7, 11) is 3.02. The monoisotopic (exact) mass is 357 g/mol. The Morgan fingerprint density at radius 2 is 1.73 bits per heavy atom. The highest BCUT2D eigenvalue weighted by molar-refractivity contribution is 5.96. The van der Waals surface area contributed by atoms with Gasteiger partial charge in [-0.05, 0) is 43.2 Å². The molecule has 0 spiro atoms. The maximum Gasteiger partial charge on any atom is 0.305 e. The number of nitrogens with one attached hydrogen (secondary N) is 1. The zero-order chi connectivity index (χ0) is 19.3. The first-order valence-corrected chi connectivity index (χ1v) is 8.17. The maximum atomic E-state index is 12.7. The first-order valence-electron chi connectivity index (χ1n) is 8.17. The van der Waals surface area contributed by atoms with Crippen molar-refractivity contribution in [1.82, 2.24) is 5.32 Å². The van der Waals surface area contributed by atoms with Gasteiger partial charge in [0, 0.05) is 5.56 Å². The van der Waals surface area contributed by atoms with E-state index in [0.29, 0.717) is 22.6 Å². The fourth-order valence-corrected chi connectivity index (χ4v) is 2.80. The summed E-state index contributed by atoms with van der Waals surface area (Å²) in [6.07, 6.45) is -0.244. The summed E-state index contributed by atoms with van der Waals surface area (Å²) in [6, 6.07) is 9.90. The van der Waals surface area contributed by atoms with Crippen LogP contribution in [0.15, 0.2) is 36.4 Å². The van der Waals surface area contributed by atoms with E-state index >= 15 is 0 Å².